The SMILES string of the molecule is Cc1ccc(-c2cc(C(=O)NCc3cnc(N)cn3)cc(-c3ccnn3C(C)C)c2)nc1. The van der Waals surface area contributed by atoms with Gasteiger partial charge in [0.25, 0.3) is 5.91 Å². The highest BCUT2D eigenvalue weighted by molar-refractivity contribution is 5.97. The zero-order valence-electron chi connectivity index (χ0n) is 18.3. The van der Waals surface area contributed by atoms with Crippen LogP contribution in [0.5, 0.6) is 0 Å². The van der Waals surface area contributed by atoms with E-state index in [-0.39, 0.29) is 18.5 Å². The van der Waals surface area contributed by atoms with E-state index in [1.54, 1.807) is 12.4 Å². The minimum absolute atomic E-state index is 0.183. The number of nitrogen functional groups attached to an aromatic ring is 1. The van der Waals surface area contributed by atoms with Gasteiger partial charge in [-0.2, -0.15) is 5.10 Å². The van der Waals surface area contributed by atoms with Crippen molar-refractivity contribution in [2.75, 3.05) is 5.73 Å². The molecule has 8 heteroatoms. The fraction of sp³-hybridized carbons (Fsp3) is 0.208. The Morgan fingerprint density at radius 3 is 2.53 bits per heavy atom. The van der Waals surface area contributed by atoms with Gasteiger partial charge >= 0.3 is 0 Å². The van der Waals surface area contributed by atoms with Gasteiger partial charge in [0, 0.05) is 35.1 Å². The molecule has 3 heterocycles. The lowest BCUT2D eigenvalue weighted by atomic mass is 10.00. The van der Waals surface area contributed by atoms with Crippen molar-refractivity contribution in [3.8, 4) is 22.5 Å². The van der Waals surface area contributed by atoms with Crippen LogP contribution in [0, 0.1) is 6.92 Å². The summed E-state index contributed by atoms with van der Waals surface area (Å²) in [5, 5.41) is 7.35. The van der Waals surface area contributed by atoms with Crippen molar-refractivity contribution in [2.24, 2.45) is 0 Å². The Labute approximate surface area is 186 Å². The summed E-state index contributed by atoms with van der Waals surface area (Å²) in [7, 11) is 0. The van der Waals surface area contributed by atoms with Crippen molar-refractivity contribution >= 4 is 11.7 Å². The number of hydrogen-bond acceptors (Lipinski definition) is 6. The van der Waals surface area contributed by atoms with Gasteiger partial charge < -0.3 is 11.1 Å². The van der Waals surface area contributed by atoms with Gasteiger partial charge in [0.1, 0.15) is 5.82 Å². The van der Waals surface area contributed by atoms with Gasteiger partial charge in [0.2, 0.25) is 0 Å². The zero-order chi connectivity index (χ0) is 22.7. The van der Waals surface area contributed by atoms with Crippen LogP contribution in [0.15, 0.2) is 61.2 Å². The summed E-state index contributed by atoms with van der Waals surface area (Å²) in [5.74, 6) is 0.124. The molecule has 4 aromatic rings. The molecule has 32 heavy (non-hydrogen) atoms. The highest BCUT2D eigenvalue weighted by Crippen LogP contribution is 2.29. The summed E-state index contributed by atoms with van der Waals surface area (Å²) < 4.78 is 1.94. The molecule has 0 spiro atoms. The van der Waals surface area contributed by atoms with Crippen LogP contribution >= 0.6 is 0 Å². The van der Waals surface area contributed by atoms with Crippen LogP contribution in [0.25, 0.3) is 22.5 Å². The van der Waals surface area contributed by atoms with Crippen molar-refractivity contribution < 1.29 is 4.79 Å². The molecule has 4 rings (SSSR count). The van der Waals surface area contributed by atoms with Crippen LogP contribution < -0.4 is 11.1 Å². The van der Waals surface area contributed by atoms with Gasteiger partial charge in [-0.15, -0.1) is 0 Å². The molecule has 0 aliphatic carbocycles. The number of nitrogens with one attached hydrogen (secondary N) is 1. The molecule has 0 unspecified atom stereocenters. The average Bonchev–Trinajstić information content (AvgIpc) is 3.29. The molecule has 1 amide bonds. The van der Waals surface area contributed by atoms with Crippen LogP contribution in [-0.4, -0.2) is 30.6 Å². The quantitative estimate of drug-likeness (QED) is 0.484. The van der Waals surface area contributed by atoms with Crippen molar-refractivity contribution in [1.82, 2.24) is 30.0 Å². The summed E-state index contributed by atoms with van der Waals surface area (Å²) >= 11 is 0. The van der Waals surface area contributed by atoms with Gasteiger partial charge in [-0.1, -0.05) is 6.07 Å². The smallest absolute Gasteiger partial charge is 0.251 e. The number of aryl methyl sites for hydroxylation is 1. The van der Waals surface area contributed by atoms with Gasteiger partial charge in [-0.25, -0.2) is 4.98 Å². The van der Waals surface area contributed by atoms with E-state index in [2.05, 4.69) is 39.2 Å². The molecule has 3 N–H and O–H groups in total. The van der Waals surface area contributed by atoms with Crippen LogP contribution in [0.3, 0.4) is 0 Å². The Morgan fingerprint density at radius 2 is 1.84 bits per heavy atom. The highest BCUT2D eigenvalue weighted by atomic mass is 16.1. The Bertz CT molecular complexity index is 1230. The number of aromatic nitrogens is 5. The number of amides is 1. The molecule has 0 atom stereocenters. The van der Waals surface area contributed by atoms with Gasteiger partial charge in [0.15, 0.2) is 0 Å². The van der Waals surface area contributed by atoms with E-state index in [1.165, 1.54) is 6.20 Å². The van der Waals surface area contributed by atoms with Crippen LogP contribution in [0.4, 0.5) is 5.82 Å². The molecule has 162 valence electrons. The fourth-order valence-electron chi connectivity index (χ4n) is 3.38. The normalized spacial score (nSPS) is 11.0. The number of anilines is 1. The summed E-state index contributed by atoms with van der Waals surface area (Å²) in [5.41, 5.74) is 11.3. The predicted molar refractivity (Wildman–Crippen MR) is 124 cm³/mol. The fourth-order valence-corrected chi connectivity index (χ4v) is 3.38. The Hall–Kier alpha value is -4.07. The Kier molecular flexibility index (Phi) is 5.93. The number of hydrogen-bond donors (Lipinski definition) is 2. The number of rotatable bonds is 6. The first-order valence-corrected chi connectivity index (χ1v) is 10.4. The van der Waals surface area contributed by atoms with Crippen LogP contribution in [0.1, 0.15) is 41.5 Å². The molecule has 0 aliphatic rings. The first-order valence-electron chi connectivity index (χ1n) is 10.4. The van der Waals surface area contributed by atoms with Gasteiger partial charge in [-0.3, -0.25) is 19.4 Å². The standard InChI is InChI=1S/C24H25N7O/c1-15(2)31-22(6-7-30-31)18-8-17(21-5-4-16(3)11-27-21)9-19(10-18)24(32)29-13-20-12-28-23(25)14-26-20/h4-12,14-15H,13H2,1-3H3,(H2,25,28)(H,29,32). The highest BCUT2D eigenvalue weighted by Gasteiger charge is 2.15. The molecule has 0 radical (unpaired) electrons. The molecule has 0 saturated heterocycles. The number of nitrogens with zero attached hydrogens (tertiary/aromatic N) is 5. The molecule has 1 aromatic carbocycles. The van der Waals surface area contributed by atoms with Gasteiger partial charge in [-0.05, 0) is 56.7 Å². The molecular weight excluding hydrogens is 402 g/mol. The van der Waals surface area contributed by atoms with E-state index in [9.17, 15) is 4.79 Å². The van der Waals surface area contributed by atoms with E-state index in [0.717, 1.165) is 28.1 Å². The molecule has 0 fully saturated rings. The van der Waals surface area contributed by atoms with Crippen molar-refractivity contribution in [3.63, 3.8) is 0 Å². The van der Waals surface area contributed by atoms with Crippen LogP contribution in [-0.2, 0) is 6.54 Å². The first-order chi connectivity index (χ1) is 15.4. The number of carbonyl (C=O) groups excluding carboxylic acids is 1. The zero-order valence-corrected chi connectivity index (χ0v) is 18.3. The molecule has 8 nitrogen and oxygen atoms in total. The van der Waals surface area contributed by atoms with Crippen LogP contribution in [0.2, 0.25) is 0 Å². The molecular formula is C24H25N7O. The number of nitrogens with two attached hydrogens (primary N) is 1. The maximum absolute atomic E-state index is 13.0. The average molecular weight is 428 g/mol. The number of carbonyl (C=O) groups is 1. The lowest BCUT2D eigenvalue weighted by Crippen LogP contribution is -2.23. The van der Waals surface area contributed by atoms with E-state index >= 15 is 0 Å². The third-order valence-corrected chi connectivity index (χ3v) is 5.01. The molecule has 0 bridgehead atoms. The second-order valence-corrected chi connectivity index (χ2v) is 7.89. The molecule has 3 aromatic heterocycles. The Balaban J connectivity index is 1.71. The van der Waals surface area contributed by atoms with Gasteiger partial charge in [0.05, 0.1) is 36.0 Å². The summed E-state index contributed by atoms with van der Waals surface area (Å²) in [4.78, 5) is 25.8. The largest absolute Gasteiger partial charge is 0.382 e. The lowest BCUT2D eigenvalue weighted by Gasteiger charge is -2.14. The topological polar surface area (TPSA) is 112 Å². The predicted octanol–water partition coefficient (Wildman–Crippen LogP) is 3.80. The third-order valence-electron chi connectivity index (χ3n) is 5.01. The third kappa shape index (κ3) is 4.64. The second-order valence-electron chi connectivity index (χ2n) is 7.89. The monoisotopic (exact) mass is 427 g/mol. The van der Waals surface area contributed by atoms with E-state index in [4.69, 9.17) is 5.73 Å². The summed E-state index contributed by atoms with van der Waals surface area (Å²) in [6, 6.07) is 11.9. The number of benzene rings is 1. The summed E-state index contributed by atoms with van der Waals surface area (Å²) in [6.07, 6.45) is 6.61. The van der Waals surface area contributed by atoms with Crippen molar-refractivity contribution in [2.45, 2.75) is 33.4 Å². The minimum atomic E-state index is -0.213. The number of pyridine rings is 1. The van der Waals surface area contributed by atoms with Crippen molar-refractivity contribution in [3.05, 3.63) is 78.0 Å². The first kappa shape index (κ1) is 21.2. The molecule has 0 aliphatic heterocycles. The Morgan fingerprint density at radius 1 is 1.03 bits per heavy atom. The summed E-state index contributed by atoms with van der Waals surface area (Å²) in [6.45, 7) is 6.39. The van der Waals surface area contributed by atoms with E-state index in [1.807, 2.05) is 54.2 Å². The lowest BCUT2D eigenvalue weighted by molar-refractivity contribution is 0.0950. The maximum atomic E-state index is 13.0. The molecule has 0 saturated carbocycles. The van der Waals surface area contributed by atoms with Crippen molar-refractivity contribution in [1.29, 1.82) is 0 Å². The van der Waals surface area contributed by atoms with E-state index in [0.29, 0.717) is 17.1 Å². The van der Waals surface area contributed by atoms with E-state index < -0.39 is 0 Å². The minimum Gasteiger partial charge on any atom is -0.382 e. The maximum Gasteiger partial charge on any atom is 0.251 e. The second kappa shape index (κ2) is 8.97.